The van der Waals surface area contributed by atoms with Crippen molar-refractivity contribution < 1.29 is 4.79 Å². The van der Waals surface area contributed by atoms with Gasteiger partial charge in [-0.05, 0) is 60.0 Å². The molecular weight excluding hydrogens is 388 g/mol. The number of hydrogen-bond donors (Lipinski definition) is 1. The average Bonchev–Trinajstić information content (AvgIpc) is 3.37. The first-order valence-corrected chi connectivity index (χ1v) is 10.5. The van der Waals surface area contributed by atoms with E-state index in [2.05, 4.69) is 31.0 Å². The standard InChI is InChI=1S/C19H20N8OS/c1-13-21-24-25-27(13)16-8-4-3-7-14(16)19(28)20-15(10-12-29-2)18-23-22-17-9-5-6-11-26(17)18/h3-9,11,15H,10,12H2,1-2H3,(H,20,28)/t15-/m0/s1. The van der Waals surface area contributed by atoms with Crippen LogP contribution in [0.4, 0.5) is 0 Å². The average molecular weight is 408 g/mol. The van der Waals surface area contributed by atoms with Crippen molar-refractivity contribution in [3.63, 3.8) is 0 Å². The van der Waals surface area contributed by atoms with Crippen molar-refractivity contribution in [2.75, 3.05) is 12.0 Å². The van der Waals surface area contributed by atoms with E-state index in [-0.39, 0.29) is 11.9 Å². The summed E-state index contributed by atoms with van der Waals surface area (Å²) in [6, 6.07) is 12.7. The van der Waals surface area contributed by atoms with Crippen LogP contribution in [0.25, 0.3) is 11.3 Å². The Kier molecular flexibility index (Phi) is 5.52. The van der Waals surface area contributed by atoms with Gasteiger partial charge in [-0.25, -0.2) is 0 Å². The Morgan fingerprint density at radius 2 is 1.97 bits per heavy atom. The minimum atomic E-state index is -0.282. The SMILES string of the molecule is CSCC[C@H](NC(=O)c1ccccc1-n1nnnc1C)c1nnc2ccccn12. The van der Waals surface area contributed by atoms with Crippen molar-refractivity contribution in [2.45, 2.75) is 19.4 Å². The van der Waals surface area contributed by atoms with Crippen LogP contribution < -0.4 is 5.32 Å². The zero-order valence-electron chi connectivity index (χ0n) is 16.1. The highest BCUT2D eigenvalue weighted by Crippen LogP contribution is 2.21. The second-order valence-electron chi connectivity index (χ2n) is 6.45. The summed E-state index contributed by atoms with van der Waals surface area (Å²) in [6.45, 7) is 1.79. The number of pyridine rings is 1. The van der Waals surface area contributed by atoms with Crippen LogP contribution in [0.3, 0.4) is 0 Å². The Morgan fingerprint density at radius 1 is 1.14 bits per heavy atom. The molecule has 0 unspecified atom stereocenters. The highest BCUT2D eigenvalue weighted by molar-refractivity contribution is 7.98. The first-order chi connectivity index (χ1) is 14.2. The van der Waals surface area contributed by atoms with E-state index in [1.807, 2.05) is 53.3 Å². The lowest BCUT2D eigenvalue weighted by Gasteiger charge is -2.18. The topological polar surface area (TPSA) is 103 Å². The number of fused-ring (bicyclic) bond motifs is 1. The van der Waals surface area contributed by atoms with E-state index in [9.17, 15) is 4.79 Å². The number of carbonyl (C=O) groups excluding carboxylic acids is 1. The predicted molar refractivity (Wildman–Crippen MR) is 110 cm³/mol. The largest absolute Gasteiger partial charge is 0.342 e. The van der Waals surface area contributed by atoms with Crippen molar-refractivity contribution in [3.8, 4) is 5.69 Å². The fourth-order valence-electron chi connectivity index (χ4n) is 3.14. The molecular formula is C19H20N8OS. The summed E-state index contributed by atoms with van der Waals surface area (Å²) in [4.78, 5) is 13.2. The van der Waals surface area contributed by atoms with Gasteiger partial charge in [-0.1, -0.05) is 18.2 Å². The van der Waals surface area contributed by atoms with Crippen LogP contribution in [0.2, 0.25) is 0 Å². The number of para-hydroxylation sites is 1. The van der Waals surface area contributed by atoms with Gasteiger partial charge in [0.05, 0.1) is 17.3 Å². The van der Waals surface area contributed by atoms with Crippen LogP contribution >= 0.6 is 11.8 Å². The van der Waals surface area contributed by atoms with E-state index in [1.54, 1.807) is 29.4 Å². The lowest BCUT2D eigenvalue weighted by Crippen LogP contribution is -2.31. The van der Waals surface area contributed by atoms with Crippen molar-refractivity contribution in [3.05, 3.63) is 65.9 Å². The van der Waals surface area contributed by atoms with Gasteiger partial charge >= 0.3 is 0 Å². The zero-order valence-corrected chi connectivity index (χ0v) is 16.9. The normalized spacial score (nSPS) is 12.2. The molecule has 3 heterocycles. The molecule has 148 valence electrons. The van der Waals surface area contributed by atoms with E-state index in [0.717, 1.165) is 17.8 Å². The molecule has 1 amide bonds. The number of aromatic nitrogens is 7. The number of benzene rings is 1. The molecule has 1 atom stereocenters. The summed E-state index contributed by atoms with van der Waals surface area (Å²) < 4.78 is 3.46. The van der Waals surface area contributed by atoms with Gasteiger partial charge in [0.25, 0.3) is 5.91 Å². The van der Waals surface area contributed by atoms with Gasteiger partial charge in [-0.2, -0.15) is 16.4 Å². The van der Waals surface area contributed by atoms with Gasteiger partial charge in [0, 0.05) is 6.20 Å². The van der Waals surface area contributed by atoms with Gasteiger partial charge in [0.1, 0.15) is 0 Å². The van der Waals surface area contributed by atoms with E-state index >= 15 is 0 Å². The van der Waals surface area contributed by atoms with Gasteiger partial charge in [0.2, 0.25) is 0 Å². The third-order valence-corrected chi connectivity index (χ3v) is 5.21. The number of nitrogens with zero attached hydrogens (tertiary/aromatic N) is 7. The summed E-state index contributed by atoms with van der Waals surface area (Å²) >= 11 is 1.72. The minimum Gasteiger partial charge on any atom is -0.342 e. The molecule has 0 spiro atoms. The number of tetrazole rings is 1. The maximum absolute atomic E-state index is 13.2. The summed E-state index contributed by atoms with van der Waals surface area (Å²) in [6.07, 6.45) is 4.67. The molecule has 1 aromatic carbocycles. The quantitative estimate of drug-likeness (QED) is 0.500. The summed E-state index contributed by atoms with van der Waals surface area (Å²) in [5.74, 6) is 1.97. The molecule has 0 fully saturated rings. The van der Waals surface area contributed by atoms with Crippen molar-refractivity contribution >= 4 is 23.3 Å². The van der Waals surface area contributed by atoms with Crippen LogP contribution in [0, 0.1) is 6.92 Å². The molecule has 0 aliphatic carbocycles. The molecule has 0 aliphatic heterocycles. The number of nitrogens with one attached hydrogen (secondary N) is 1. The molecule has 29 heavy (non-hydrogen) atoms. The van der Waals surface area contributed by atoms with E-state index in [1.165, 1.54) is 0 Å². The number of hydrogen-bond acceptors (Lipinski definition) is 7. The maximum atomic E-state index is 13.2. The van der Waals surface area contributed by atoms with Crippen molar-refractivity contribution in [1.29, 1.82) is 0 Å². The first-order valence-electron chi connectivity index (χ1n) is 9.13. The molecule has 4 aromatic rings. The van der Waals surface area contributed by atoms with Crippen LogP contribution in [0.15, 0.2) is 48.7 Å². The van der Waals surface area contributed by atoms with Crippen LogP contribution in [-0.4, -0.2) is 52.7 Å². The van der Waals surface area contributed by atoms with E-state index < -0.39 is 0 Å². The Morgan fingerprint density at radius 3 is 2.76 bits per heavy atom. The van der Waals surface area contributed by atoms with Crippen LogP contribution in [0.1, 0.15) is 34.5 Å². The number of carbonyl (C=O) groups is 1. The molecule has 0 aliphatic rings. The molecule has 0 saturated heterocycles. The Labute approximate surface area is 171 Å². The van der Waals surface area contributed by atoms with E-state index in [0.29, 0.717) is 22.9 Å². The van der Waals surface area contributed by atoms with Crippen LogP contribution in [-0.2, 0) is 0 Å². The molecule has 9 nitrogen and oxygen atoms in total. The summed E-state index contributed by atoms with van der Waals surface area (Å²) in [7, 11) is 0. The Balaban J connectivity index is 1.67. The lowest BCUT2D eigenvalue weighted by atomic mass is 10.1. The summed E-state index contributed by atoms with van der Waals surface area (Å²) in [5.41, 5.74) is 1.86. The van der Waals surface area contributed by atoms with Gasteiger partial charge in [-0.3, -0.25) is 9.20 Å². The molecule has 0 radical (unpaired) electrons. The highest BCUT2D eigenvalue weighted by atomic mass is 32.2. The molecule has 4 rings (SSSR count). The maximum Gasteiger partial charge on any atom is 0.254 e. The number of aryl methyl sites for hydroxylation is 1. The van der Waals surface area contributed by atoms with Crippen molar-refractivity contribution in [2.24, 2.45) is 0 Å². The Bertz CT molecular complexity index is 1140. The Hall–Kier alpha value is -3.27. The molecule has 10 heteroatoms. The lowest BCUT2D eigenvalue weighted by molar-refractivity contribution is 0.0933. The molecule has 0 saturated carbocycles. The molecule has 3 aromatic heterocycles. The molecule has 0 bridgehead atoms. The number of amides is 1. The smallest absolute Gasteiger partial charge is 0.254 e. The van der Waals surface area contributed by atoms with Gasteiger partial charge in [0.15, 0.2) is 17.3 Å². The van der Waals surface area contributed by atoms with E-state index in [4.69, 9.17) is 0 Å². The molecule has 1 N–H and O–H groups in total. The first kappa shape index (κ1) is 19.1. The predicted octanol–water partition coefficient (Wildman–Crippen LogP) is 2.24. The number of rotatable bonds is 7. The minimum absolute atomic E-state index is 0.214. The third-order valence-electron chi connectivity index (χ3n) is 4.57. The highest BCUT2D eigenvalue weighted by Gasteiger charge is 2.23. The van der Waals surface area contributed by atoms with Crippen LogP contribution in [0.5, 0.6) is 0 Å². The second-order valence-corrected chi connectivity index (χ2v) is 7.44. The van der Waals surface area contributed by atoms with Gasteiger partial charge in [-0.15, -0.1) is 15.3 Å². The van der Waals surface area contributed by atoms with Gasteiger partial charge < -0.3 is 5.32 Å². The number of thioether (sulfide) groups is 1. The van der Waals surface area contributed by atoms with Crippen molar-refractivity contribution in [1.82, 2.24) is 40.1 Å². The fraction of sp³-hybridized carbons (Fsp3) is 0.263. The fourth-order valence-corrected chi connectivity index (χ4v) is 3.61. The monoisotopic (exact) mass is 408 g/mol. The zero-order chi connectivity index (χ0) is 20.2. The summed E-state index contributed by atoms with van der Waals surface area (Å²) in [5, 5.41) is 23.3. The second kappa shape index (κ2) is 8.39. The third kappa shape index (κ3) is 3.83.